The lowest BCUT2D eigenvalue weighted by atomic mass is 10.1. The number of fused-ring (bicyclic) bond motifs is 1. The smallest absolute Gasteiger partial charge is 0.224 e. The molecule has 3 aromatic carbocycles. The Morgan fingerprint density at radius 2 is 1.83 bits per heavy atom. The molecule has 0 unspecified atom stereocenters. The van der Waals surface area contributed by atoms with Crippen LogP contribution in [0, 0.1) is 0 Å². The number of carbonyl (C=O) groups is 1. The second-order valence-corrected chi connectivity index (χ2v) is 5.43. The standard InChI is InChI=1S/C20H19NO2/c1-23-17-11-12-18-16(14-17)8-5-9-19(18)21-20(22)13-10-15-6-3-2-4-7-15/h2-9,11-12,14H,10,13H2,1H3,(H,21,22). The highest BCUT2D eigenvalue weighted by Gasteiger charge is 2.07. The van der Waals surface area contributed by atoms with E-state index in [-0.39, 0.29) is 5.91 Å². The summed E-state index contributed by atoms with van der Waals surface area (Å²) in [6.45, 7) is 0. The highest BCUT2D eigenvalue weighted by atomic mass is 16.5. The zero-order chi connectivity index (χ0) is 16.1. The molecule has 0 aliphatic carbocycles. The molecule has 0 atom stereocenters. The van der Waals surface area contributed by atoms with Gasteiger partial charge >= 0.3 is 0 Å². The minimum absolute atomic E-state index is 0.0252. The molecule has 0 saturated carbocycles. The fourth-order valence-corrected chi connectivity index (χ4v) is 2.61. The maximum atomic E-state index is 12.2. The summed E-state index contributed by atoms with van der Waals surface area (Å²) >= 11 is 0. The zero-order valence-electron chi connectivity index (χ0n) is 13.1. The molecule has 3 heteroatoms. The number of carbonyl (C=O) groups excluding carboxylic acids is 1. The van der Waals surface area contributed by atoms with Gasteiger partial charge in [-0.05, 0) is 41.6 Å². The van der Waals surface area contributed by atoms with Gasteiger partial charge in [0.15, 0.2) is 0 Å². The van der Waals surface area contributed by atoms with Gasteiger partial charge in [-0.1, -0.05) is 42.5 Å². The van der Waals surface area contributed by atoms with Crippen molar-refractivity contribution in [2.45, 2.75) is 12.8 Å². The monoisotopic (exact) mass is 305 g/mol. The quantitative estimate of drug-likeness (QED) is 0.758. The predicted molar refractivity (Wildman–Crippen MR) is 93.9 cm³/mol. The van der Waals surface area contributed by atoms with Crippen molar-refractivity contribution in [2.24, 2.45) is 0 Å². The maximum Gasteiger partial charge on any atom is 0.224 e. The molecule has 0 bridgehead atoms. The number of ether oxygens (including phenoxy) is 1. The van der Waals surface area contributed by atoms with E-state index in [2.05, 4.69) is 5.32 Å². The molecule has 1 N–H and O–H groups in total. The molecule has 0 radical (unpaired) electrons. The van der Waals surface area contributed by atoms with Gasteiger partial charge < -0.3 is 10.1 Å². The average Bonchev–Trinajstić information content (AvgIpc) is 2.60. The van der Waals surface area contributed by atoms with Crippen LogP contribution in [-0.4, -0.2) is 13.0 Å². The predicted octanol–water partition coefficient (Wildman–Crippen LogP) is 4.42. The van der Waals surface area contributed by atoms with E-state index in [1.54, 1.807) is 7.11 Å². The molecule has 0 aromatic heterocycles. The number of benzene rings is 3. The Bertz CT molecular complexity index is 812. The molecule has 23 heavy (non-hydrogen) atoms. The first-order valence-electron chi connectivity index (χ1n) is 7.67. The Morgan fingerprint density at radius 3 is 2.61 bits per heavy atom. The Kier molecular flexibility index (Phi) is 4.57. The first-order valence-corrected chi connectivity index (χ1v) is 7.67. The van der Waals surface area contributed by atoms with Gasteiger partial charge in [0.25, 0.3) is 0 Å². The number of anilines is 1. The molecule has 0 aliphatic rings. The van der Waals surface area contributed by atoms with E-state index in [4.69, 9.17) is 4.74 Å². The van der Waals surface area contributed by atoms with Crippen molar-refractivity contribution in [2.75, 3.05) is 12.4 Å². The highest BCUT2D eigenvalue weighted by Crippen LogP contribution is 2.27. The third-order valence-electron chi connectivity index (χ3n) is 3.85. The van der Waals surface area contributed by atoms with E-state index in [1.165, 1.54) is 5.56 Å². The Morgan fingerprint density at radius 1 is 1.00 bits per heavy atom. The molecular weight excluding hydrogens is 286 g/mol. The van der Waals surface area contributed by atoms with Gasteiger partial charge in [-0.2, -0.15) is 0 Å². The van der Waals surface area contributed by atoms with Gasteiger partial charge in [-0.15, -0.1) is 0 Å². The number of hydrogen-bond donors (Lipinski definition) is 1. The van der Waals surface area contributed by atoms with Crippen molar-refractivity contribution in [1.29, 1.82) is 0 Å². The largest absolute Gasteiger partial charge is 0.497 e. The van der Waals surface area contributed by atoms with Crippen LogP contribution in [0.5, 0.6) is 5.75 Å². The number of nitrogens with one attached hydrogen (secondary N) is 1. The fourth-order valence-electron chi connectivity index (χ4n) is 2.61. The molecular formula is C20H19NO2. The minimum atomic E-state index is 0.0252. The van der Waals surface area contributed by atoms with Crippen molar-refractivity contribution < 1.29 is 9.53 Å². The topological polar surface area (TPSA) is 38.3 Å². The van der Waals surface area contributed by atoms with Crippen LogP contribution in [0.15, 0.2) is 66.7 Å². The Hall–Kier alpha value is -2.81. The molecule has 0 aliphatic heterocycles. The van der Waals surface area contributed by atoms with Crippen LogP contribution in [-0.2, 0) is 11.2 Å². The van der Waals surface area contributed by atoms with Crippen LogP contribution in [0.1, 0.15) is 12.0 Å². The van der Waals surface area contributed by atoms with E-state index in [9.17, 15) is 4.79 Å². The van der Waals surface area contributed by atoms with Crippen molar-refractivity contribution in [3.8, 4) is 5.75 Å². The molecule has 3 rings (SSSR count). The van der Waals surface area contributed by atoms with E-state index < -0.39 is 0 Å². The highest BCUT2D eigenvalue weighted by molar-refractivity contribution is 6.02. The summed E-state index contributed by atoms with van der Waals surface area (Å²) in [7, 11) is 1.65. The van der Waals surface area contributed by atoms with Gasteiger partial charge in [0.2, 0.25) is 5.91 Å². The first kappa shape index (κ1) is 15.1. The zero-order valence-corrected chi connectivity index (χ0v) is 13.1. The van der Waals surface area contributed by atoms with E-state index in [0.29, 0.717) is 6.42 Å². The average molecular weight is 305 g/mol. The summed E-state index contributed by atoms with van der Waals surface area (Å²) in [5.41, 5.74) is 2.01. The lowest BCUT2D eigenvalue weighted by molar-refractivity contribution is -0.116. The molecule has 3 aromatic rings. The Labute approximate surface area is 135 Å². The van der Waals surface area contributed by atoms with Gasteiger partial charge in [0, 0.05) is 17.5 Å². The summed E-state index contributed by atoms with van der Waals surface area (Å²) < 4.78 is 5.24. The van der Waals surface area contributed by atoms with Gasteiger partial charge in [0.1, 0.15) is 5.75 Å². The fraction of sp³-hybridized carbons (Fsp3) is 0.150. The van der Waals surface area contributed by atoms with E-state index in [1.807, 2.05) is 66.7 Å². The number of hydrogen-bond acceptors (Lipinski definition) is 2. The summed E-state index contributed by atoms with van der Waals surface area (Å²) in [5.74, 6) is 0.835. The van der Waals surface area contributed by atoms with Crippen molar-refractivity contribution in [3.05, 3.63) is 72.3 Å². The summed E-state index contributed by atoms with van der Waals surface area (Å²) in [6.07, 6.45) is 1.21. The van der Waals surface area contributed by atoms with Crippen LogP contribution < -0.4 is 10.1 Å². The lowest BCUT2D eigenvalue weighted by Crippen LogP contribution is -2.12. The molecule has 116 valence electrons. The van der Waals surface area contributed by atoms with Gasteiger partial charge in [-0.25, -0.2) is 0 Å². The molecule has 0 fully saturated rings. The summed E-state index contributed by atoms with van der Waals surface area (Å²) in [5, 5.41) is 5.07. The third-order valence-corrected chi connectivity index (χ3v) is 3.85. The number of amides is 1. The molecule has 0 saturated heterocycles. The van der Waals surface area contributed by atoms with Crippen LogP contribution >= 0.6 is 0 Å². The number of rotatable bonds is 5. The minimum Gasteiger partial charge on any atom is -0.497 e. The first-order chi connectivity index (χ1) is 11.3. The second kappa shape index (κ2) is 6.97. The second-order valence-electron chi connectivity index (χ2n) is 5.43. The SMILES string of the molecule is COc1ccc2c(NC(=O)CCc3ccccc3)cccc2c1. The van der Waals surface area contributed by atoms with E-state index in [0.717, 1.165) is 28.6 Å². The van der Waals surface area contributed by atoms with E-state index >= 15 is 0 Å². The summed E-state index contributed by atoms with van der Waals surface area (Å²) in [6, 6.07) is 21.8. The molecule has 3 nitrogen and oxygen atoms in total. The lowest BCUT2D eigenvalue weighted by Gasteiger charge is -2.10. The summed E-state index contributed by atoms with van der Waals surface area (Å²) in [4.78, 5) is 12.2. The van der Waals surface area contributed by atoms with Crippen molar-refractivity contribution >= 4 is 22.4 Å². The normalized spacial score (nSPS) is 10.5. The third kappa shape index (κ3) is 3.69. The van der Waals surface area contributed by atoms with Gasteiger partial charge in [0.05, 0.1) is 7.11 Å². The molecule has 0 heterocycles. The van der Waals surface area contributed by atoms with Crippen LogP contribution in [0.2, 0.25) is 0 Å². The maximum absolute atomic E-state index is 12.2. The van der Waals surface area contributed by atoms with Crippen molar-refractivity contribution in [3.63, 3.8) is 0 Å². The number of aryl methyl sites for hydroxylation is 1. The Balaban J connectivity index is 1.72. The number of methoxy groups -OCH3 is 1. The molecule has 0 spiro atoms. The molecule has 1 amide bonds. The van der Waals surface area contributed by atoms with Gasteiger partial charge in [-0.3, -0.25) is 4.79 Å². The van der Waals surface area contributed by atoms with Crippen LogP contribution in [0.25, 0.3) is 10.8 Å². The van der Waals surface area contributed by atoms with Crippen LogP contribution in [0.4, 0.5) is 5.69 Å². The van der Waals surface area contributed by atoms with Crippen molar-refractivity contribution in [1.82, 2.24) is 0 Å². The van der Waals surface area contributed by atoms with Crippen LogP contribution in [0.3, 0.4) is 0 Å².